The molecule has 0 bridgehead atoms. The Morgan fingerprint density at radius 1 is 1.21 bits per heavy atom. The van der Waals surface area contributed by atoms with Gasteiger partial charge in [-0.2, -0.15) is 10.0 Å². The fourth-order valence-corrected chi connectivity index (χ4v) is 2.98. The van der Waals surface area contributed by atoms with Crippen LogP contribution in [0.1, 0.15) is 12.0 Å². The highest BCUT2D eigenvalue weighted by Gasteiger charge is 2.42. The lowest BCUT2D eigenvalue weighted by Crippen LogP contribution is -2.37. The summed E-state index contributed by atoms with van der Waals surface area (Å²) >= 11 is 6.20. The Morgan fingerprint density at radius 3 is 2.62 bits per heavy atom. The number of methoxy groups -OCH3 is 3. The third-order valence-corrected chi connectivity index (χ3v) is 4.62. The third-order valence-electron chi connectivity index (χ3n) is 4.25. The summed E-state index contributed by atoms with van der Waals surface area (Å²) in [6.07, 6.45) is -1.15. The monoisotopic (exact) mass is 421 g/mol. The van der Waals surface area contributed by atoms with Gasteiger partial charge in [0.25, 0.3) is 0 Å². The maximum Gasteiger partial charge on any atom is 0.352 e. The van der Waals surface area contributed by atoms with Crippen LogP contribution in [-0.4, -0.2) is 49.6 Å². The first kappa shape index (κ1) is 20.7. The summed E-state index contributed by atoms with van der Waals surface area (Å²) in [5.74, 6) is 0.346. The van der Waals surface area contributed by atoms with E-state index >= 15 is 0 Å². The third kappa shape index (κ3) is 4.52. The van der Waals surface area contributed by atoms with Gasteiger partial charge < -0.3 is 14.2 Å². The molecule has 2 aromatic rings. The molecule has 0 radical (unpaired) electrons. The number of halogens is 1. The molecular formula is C19H20ClN3O6. The van der Waals surface area contributed by atoms with Crippen LogP contribution in [0, 0.1) is 0 Å². The van der Waals surface area contributed by atoms with Gasteiger partial charge in [-0.1, -0.05) is 29.8 Å². The van der Waals surface area contributed by atoms with Crippen molar-refractivity contribution in [1.29, 1.82) is 0 Å². The molecule has 1 saturated heterocycles. The predicted molar refractivity (Wildman–Crippen MR) is 104 cm³/mol. The minimum Gasteiger partial charge on any atom is -0.496 e. The topological polar surface area (TPSA) is 90.4 Å². The molecule has 1 unspecified atom stereocenters. The Hall–Kier alpha value is -3.04. The molecule has 10 heteroatoms. The molecule has 1 aromatic heterocycles. The van der Waals surface area contributed by atoms with Gasteiger partial charge in [0.1, 0.15) is 11.6 Å². The molecule has 0 saturated carbocycles. The van der Waals surface area contributed by atoms with Crippen molar-refractivity contribution >= 4 is 29.4 Å². The van der Waals surface area contributed by atoms with Crippen LogP contribution >= 0.6 is 11.6 Å². The number of carbonyl (C=O) groups excluding carboxylic acids is 2. The SMILES string of the molecule is COC(=O)CC1ON(Cc2ccccc2Cl)C(=O)N1c1cc(OC)cc(OC)n1. The molecule has 29 heavy (non-hydrogen) atoms. The van der Waals surface area contributed by atoms with Gasteiger partial charge in [0.15, 0.2) is 6.23 Å². The molecule has 9 nitrogen and oxygen atoms in total. The molecule has 1 aliphatic heterocycles. The van der Waals surface area contributed by atoms with E-state index in [0.29, 0.717) is 16.3 Å². The largest absolute Gasteiger partial charge is 0.496 e. The van der Waals surface area contributed by atoms with Crippen LogP contribution < -0.4 is 14.4 Å². The number of benzene rings is 1. The van der Waals surface area contributed by atoms with Gasteiger partial charge in [0.05, 0.1) is 34.3 Å². The summed E-state index contributed by atoms with van der Waals surface area (Å²) in [6, 6.07) is 9.70. The fraction of sp³-hybridized carbons (Fsp3) is 0.316. The molecule has 0 spiro atoms. The van der Waals surface area contributed by atoms with Crippen LogP contribution in [0.15, 0.2) is 36.4 Å². The number of ether oxygens (including phenoxy) is 3. The summed E-state index contributed by atoms with van der Waals surface area (Å²) in [5.41, 5.74) is 0.692. The zero-order valence-corrected chi connectivity index (χ0v) is 16.9. The minimum atomic E-state index is -0.957. The Morgan fingerprint density at radius 2 is 1.97 bits per heavy atom. The molecule has 0 N–H and O–H groups in total. The van der Waals surface area contributed by atoms with E-state index in [9.17, 15) is 9.59 Å². The van der Waals surface area contributed by atoms with Crippen LogP contribution in [0.5, 0.6) is 11.6 Å². The van der Waals surface area contributed by atoms with E-state index in [0.717, 1.165) is 5.06 Å². The van der Waals surface area contributed by atoms with E-state index < -0.39 is 18.2 Å². The molecule has 1 aliphatic rings. The van der Waals surface area contributed by atoms with Crippen molar-refractivity contribution in [2.24, 2.45) is 0 Å². The van der Waals surface area contributed by atoms with Crippen molar-refractivity contribution < 1.29 is 28.6 Å². The van der Waals surface area contributed by atoms with E-state index in [1.165, 1.54) is 26.2 Å². The number of urea groups is 1. The Kier molecular flexibility index (Phi) is 6.40. The normalized spacial score (nSPS) is 16.1. The molecule has 2 amide bonds. The Bertz CT molecular complexity index is 887. The van der Waals surface area contributed by atoms with Crippen molar-refractivity contribution in [2.45, 2.75) is 19.2 Å². The second-order valence-corrected chi connectivity index (χ2v) is 6.44. The summed E-state index contributed by atoms with van der Waals surface area (Å²) in [5, 5.41) is 1.62. The highest BCUT2D eigenvalue weighted by atomic mass is 35.5. The summed E-state index contributed by atoms with van der Waals surface area (Å²) in [6.45, 7) is 0.0911. The van der Waals surface area contributed by atoms with Gasteiger partial charge in [-0.15, -0.1) is 0 Å². The highest BCUT2D eigenvalue weighted by molar-refractivity contribution is 6.31. The van der Waals surface area contributed by atoms with Gasteiger partial charge in [-0.3, -0.25) is 4.79 Å². The number of esters is 1. The number of aromatic nitrogens is 1. The average molecular weight is 422 g/mol. The van der Waals surface area contributed by atoms with Gasteiger partial charge in [0.2, 0.25) is 5.88 Å². The lowest BCUT2D eigenvalue weighted by molar-refractivity contribution is -0.155. The van der Waals surface area contributed by atoms with E-state index in [1.54, 1.807) is 36.4 Å². The van der Waals surface area contributed by atoms with Crippen molar-refractivity contribution in [1.82, 2.24) is 10.0 Å². The smallest absolute Gasteiger partial charge is 0.352 e. The van der Waals surface area contributed by atoms with Gasteiger partial charge >= 0.3 is 12.0 Å². The van der Waals surface area contributed by atoms with E-state index in [1.807, 2.05) is 0 Å². The number of carbonyl (C=O) groups is 2. The summed E-state index contributed by atoms with van der Waals surface area (Å²) in [4.78, 5) is 36.3. The van der Waals surface area contributed by atoms with Crippen molar-refractivity contribution in [3.05, 3.63) is 47.0 Å². The fourth-order valence-electron chi connectivity index (χ4n) is 2.78. The minimum absolute atomic E-state index is 0.0911. The Labute approximate surface area is 172 Å². The summed E-state index contributed by atoms with van der Waals surface area (Å²) in [7, 11) is 4.19. The van der Waals surface area contributed by atoms with E-state index in [4.69, 9.17) is 30.6 Å². The maximum absolute atomic E-state index is 13.1. The van der Waals surface area contributed by atoms with E-state index in [2.05, 4.69) is 4.98 Å². The molecule has 154 valence electrons. The van der Waals surface area contributed by atoms with Gasteiger partial charge in [-0.05, 0) is 11.6 Å². The summed E-state index contributed by atoms with van der Waals surface area (Å²) < 4.78 is 15.1. The molecule has 1 fully saturated rings. The first-order valence-corrected chi connectivity index (χ1v) is 9.02. The van der Waals surface area contributed by atoms with Crippen molar-refractivity contribution in [2.75, 3.05) is 26.2 Å². The molecule has 1 aromatic carbocycles. The number of rotatable bonds is 7. The highest BCUT2D eigenvalue weighted by Crippen LogP contribution is 2.32. The van der Waals surface area contributed by atoms with Crippen molar-refractivity contribution in [3.63, 3.8) is 0 Å². The van der Waals surface area contributed by atoms with Crippen LogP contribution in [0.3, 0.4) is 0 Å². The average Bonchev–Trinajstić information content (AvgIpc) is 3.03. The van der Waals surface area contributed by atoms with Crippen molar-refractivity contribution in [3.8, 4) is 11.6 Å². The molecular weight excluding hydrogens is 402 g/mol. The lowest BCUT2D eigenvalue weighted by Gasteiger charge is -2.20. The quantitative estimate of drug-likeness (QED) is 0.634. The number of amides is 2. The van der Waals surface area contributed by atoms with Crippen LogP contribution in [0.25, 0.3) is 0 Å². The molecule has 2 heterocycles. The van der Waals surface area contributed by atoms with Crippen LogP contribution in [0.2, 0.25) is 5.02 Å². The lowest BCUT2D eigenvalue weighted by atomic mass is 10.2. The van der Waals surface area contributed by atoms with E-state index in [-0.39, 0.29) is 24.7 Å². The zero-order valence-electron chi connectivity index (χ0n) is 16.1. The van der Waals surface area contributed by atoms with Crippen LogP contribution in [0.4, 0.5) is 10.6 Å². The standard InChI is InChI=1S/C19H20ClN3O6/c1-26-13-8-15(21-16(9-13)27-2)23-17(10-18(24)28-3)29-22(19(23)25)11-12-6-4-5-7-14(12)20/h4-9,17H,10-11H2,1-3H3. The maximum atomic E-state index is 13.1. The predicted octanol–water partition coefficient (Wildman–Crippen LogP) is 3.02. The zero-order chi connectivity index (χ0) is 21.0. The van der Waals surface area contributed by atoms with Gasteiger partial charge in [-0.25, -0.2) is 14.5 Å². The molecule has 3 rings (SSSR count). The second-order valence-electron chi connectivity index (χ2n) is 6.03. The Balaban J connectivity index is 1.95. The second kappa shape index (κ2) is 8.97. The molecule has 1 atom stereocenters. The number of hydroxylamine groups is 2. The van der Waals surface area contributed by atoms with Gasteiger partial charge in [0, 0.05) is 17.2 Å². The molecule has 0 aliphatic carbocycles. The number of pyridine rings is 1. The first-order chi connectivity index (χ1) is 14.0. The number of nitrogens with zero attached hydrogens (tertiary/aromatic N) is 3. The number of hydrogen-bond acceptors (Lipinski definition) is 7. The first-order valence-electron chi connectivity index (χ1n) is 8.64. The number of hydrogen-bond donors (Lipinski definition) is 0. The number of anilines is 1. The van der Waals surface area contributed by atoms with Crippen LogP contribution in [-0.2, 0) is 20.9 Å².